The van der Waals surface area contributed by atoms with Crippen LogP contribution in [0.4, 0.5) is 0 Å². The van der Waals surface area contributed by atoms with Crippen molar-refractivity contribution in [3.05, 3.63) is 0 Å². The van der Waals surface area contributed by atoms with Crippen LogP contribution < -0.4 is 5.32 Å². The van der Waals surface area contributed by atoms with Crippen LogP contribution >= 0.6 is 0 Å². The molecular formula is C11H25N3O2S. The van der Waals surface area contributed by atoms with Gasteiger partial charge in [0.05, 0.1) is 6.26 Å². The molecule has 1 rings (SSSR count). The molecule has 17 heavy (non-hydrogen) atoms. The van der Waals surface area contributed by atoms with Crippen LogP contribution in [0, 0.1) is 0 Å². The van der Waals surface area contributed by atoms with Gasteiger partial charge in [-0.15, -0.1) is 0 Å². The first kappa shape index (κ1) is 14.9. The molecule has 102 valence electrons. The lowest BCUT2D eigenvalue weighted by atomic mass is 10.1. The molecule has 0 bridgehead atoms. The molecule has 0 saturated carbocycles. The van der Waals surface area contributed by atoms with Crippen LogP contribution in [0.2, 0.25) is 0 Å². The normalized spacial score (nSPS) is 21.6. The maximum atomic E-state index is 11.4. The van der Waals surface area contributed by atoms with Crippen LogP contribution in [-0.4, -0.2) is 69.7 Å². The van der Waals surface area contributed by atoms with E-state index in [1.165, 1.54) is 19.1 Å². The predicted molar refractivity (Wildman–Crippen MR) is 70.6 cm³/mol. The Bertz CT molecular complexity index is 311. The van der Waals surface area contributed by atoms with Crippen molar-refractivity contribution in [1.29, 1.82) is 0 Å². The van der Waals surface area contributed by atoms with Crippen LogP contribution in [0.5, 0.6) is 0 Å². The van der Waals surface area contributed by atoms with E-state index in [0.29, 0.717) is 19.1 Å². The molecule has 0 amide bonds. The molecule has 1 saturated heterocycles. The van der Waals surface area contributed by atoms with E-state index < -0.39 is 10.0 Å². The van der Waals surface area contributed by atoms with Gasteiger partial charge >= 0.3 is 0 Å². The molecule has 6 heteroatoms. The quantitative estimate of drug-likeness (QED) is 0.730. The molecule has 1 unspecified atom stereocenters. The zero-order valence-corrected chi connectivity index (χ0v) is 12.0. The second-order valence-electron chi connectivity index (χ2n) is 4.74. The average molecular weight is 263 g/mol. The predicted octanol–water partition coefficient (Wildman–Crippen LogP) is -0.0483. The Morgan fingerprint density at radius 2 is 1.82 bits per heavy atom. The third-order valence-electron chi connectivity index (χ3n) is 3.32. The minimum absolute atomic E-state index is 0.518. The Morgan fingerprint density at radius 1 is 1.24 bits per heavy atom. The molecule has 0 spiro atoms. The fourth-order valence-corrected chi connectivity index (χ4v) is 3.06. The summed E-state index contributed by atoms with van der Waals surface area (Å²) in [4.78, 5) is 2.35. The lowest BCUT2D eigenvalue weighted by molar-refractivity contribution is 0.172. The number of nitrogens with zero attached hydrogens (tertiary/aromatic N) is 2. The molecular weight excluding hydrogens is 238 g/mol. The van der Waals surface area contributed by atoms with Gasteiger partial charge in [-0.1, -0.05) is 13.3 Å². The van der Waals surface area contributed by atoms with Gasteiger partial charge in [0.15, 0.2) is 0 Å². The lowest BCUT2D eigenvalue weighted by Crippen LogP contribution is -2.51. The van der Waals surface area contributed by atoms with Gasteiger partial charge in [-0.25, -0.2) is 8.42 Å². The van der Waals surface area contributed by atoms with E-state index in [0.717, 1.165) is 19.6 Å². The number of piperazine rings is 1. The van der Waals surface area contributed by atoms with Gasteiger partial charge in [0, 0.05) is 38.8 Å². The fraction of sp³-hybridized carbons (Fsp3) is 1.00. The third kappa shape index (κ3) is 4.91. The first-order valence-corrected chi connectivity index (χ1v) is 8.17. The second kappa shape index (κ2) is 6.68. The number of hydrogen-bond donors (Lipinski definition) is 1. The summed E-state index contributed by atoms with van der Waals surface area (Å²) in [7, 11) is -1.01. The van der Waals surface area contributed by atoms with E-state index in [-0.39, 0.29) is 0 Å². The van der Waals surface area contributed by atoms with Crippen LogP contribution in [0.25, 0.3) is 0 Å². The molecule has 5 nitrogen and oxygen atoms in total. The van der Waals surface area contributed by atoms with Gasteiger partial charge in [0.25, 0.3) is 0 Å². The molecule has 1 aliphatic rings. The van der Waals surface area contributed by atoms with Gasteiger partial charge in [-0.05, 0) is 13.5 Å². The Labute approximate surface area is 105 Å². The third-order valence-corrected chi connectivity index (χ3v) is 4.63. The zero-order chi connectivity index (χ0) is 12.9. The van der Waals surface area contributed by atoms with Gasteiger partial charge in [0.1, 0.15) is 0 Å². The summed E-state index contributed by atoms with van der Waals surface area (Å²) in [5.74, 6) is 0. The van der Waals surface area contributed by atoms with Crippen LogP contribution in [0.3, 0.4) is 0 Å². The minimum Gasteiger partial charge on any atom is -0.316 e. The number of nitrogens with one attached hydrogen (secondary N) is 1. The van der Waals surface area contributed by atoms with E-state index in [9.17, 15) is 8.42 Å². The molecule has 1 aliphatic heterocycles. The molecule has 0 aromatic carbocycles. The summed E-state index contributed by atoms with van der Waals surface area (Å²) in [5.41, 5.74) is 0. The van der Waals surface area contributed by atoms with Crippen molar-refractivity contribution in [3.63, 3.8) is 0 Å². The van der Waals surface area contributed by atoms with Crippen molar-refractivity contribution in [1.82, 2.24) is 14.5 Å². The summed E-state index contributed by atoms with van der Waals surface area (Å²) in [6.07, 6.45) is 3.63. The fourth-order valence-electron chi connectivity index (χ4n) is 2.23. The second-order valence-corrected chi connectivity index (χ2v) is 6.72. The maximum Gasteiger partial charge on any atom is 0.211 e. The Hall–Kier alpha value is -0.170. The van der Waals surface area contributed by atoms with Gasteiger partial charge in [0.2, 0.25) is 10.0 Å². The zero-order valence-electron chi connectivity index (χ0n) is 11.1. The Balaban J connectivity index is 2.36. The topological polar surface area (TPSA) is 52.7 Å². The highest BCUT2D eigenvalue weighted by atomic mass is 32.2. The average Bonchev–Trinajstić information content (AvgIpc) is 2.28. The lowest BCUT2D eigenvalue weighted by Gasteiger charge is -2.35. The van der Waals surface area contributed by atoms with E-state index in [1.807, 2.05) is 7.05 Å². The van der Waals surface area contributed by atoms with E-state index in [2.05, 4.69) is 17.1 Å². The molecule has 1 N–H and O–H groups in total. The first-order chi connectivity index (χ1) is 7.97. The number of rotatable bonds is 6. The summed E-state index contributed by atoms with van der Waals surface area (Å²) in [6, 6.07) is 0.518. The number of likely N-dealkylation sites (N-methyl/N-ethyl adjacent to an activating group) is 1. The minimum atomic E-state index is -3.00. The molecule has 0 aromatic heterocycles. The monoisotopic (exact) mass is 263 g/mol. The highest BCUT2D eigenvalue weighted by Gasteiger charge is 2.24. The van der Waals surface area contributed by atoms with E-state index in [4.69, 9.17) is 0 Å². The van der Waals surface area contributed by atoms with Crippen molar-refractivity contribution < 1.29 is 8.42 Å². The first-order valence-electron chi connectivity index (χ1n) is 6.32. The largest absolute Gasteiger partial charge is 0.316 e. The van der Waals surface area contributed by atoms with Crippen molar-refractivity contribution in [3.8, 4) is 0 Å². The summed E-state index contributed by atoms with van der Waals surface area (Å²) in [5, 5.41) is 3.32. The highest BCUT2D eigenvalue weighted by Crippen LogP contribution is 2.07. The Morgan fingerprint density at radius 3 is 2.24 bits per heavy atom. The van der Waals surface area contributed by atoms with Crippen molar-refractivity contribution >= 4 is 10.0 Å². The molecule has 0 radical (unpaired) electrons. The van der Waals surface area contributed by atoms with Gasteiger partial charge in [-0.3, -0.25) is 4.90 Å². The summed E-state index contributed by atoms with van der Waals surface area (Å²) < 4.78 is 24.3. The molecule has 0 aliphatic carbocycles. The van der Waals surface area contributed by atoms with Crippen molar-refractivity contribution in [2.75, 3.05) is 46.0 Å². The van der Waals surface area contributed by atoms with Gasteiger partial charge in [-0.2, -0.15) is 4.31 Å². The van der Waals surface area contributed by atoms with Crippen molar-refractivity contribution in [2.45, 2.75) is 25.8 Å². The van der Waals surface area contributed by atoms with E-state index >= 15 is 0 Å². The van der Waals surface area contributed by atoms with Crippen LogP contribution in [-0.2, 0) is 10.0 Å². The van der Waals surface area contributed by atoms with E-state index in [1.54, 1.807) is 4.31 Å². The molecule has 0 aromatic rings. The molecule has 1 fully saturated rings. The van der Waals surface area contributed by atoms with Crippen LogP contribution in [0.1, 0.15) is 19.8 Å². The SMILES string of the molecule is CCCC(CN1CCN(S(C)(=O)=O)CC1)NC. The molecule has 1 atom stereocenters. The highest BCUT2D eigenvalue weighted by molar-refractivity contribution is 7.88. The van der Waals surface area contributed by atoms with Crippen molar-refractivity contribution in [2.24, 2.45) is 0 Å². The smallest absolute Gasteiger partial charge is 0.211 e. The maximum absolute atomic E-state index is 11.4. The Kier molecular flexibility index (Phi) is 5.85. The van der Waals surface area contributed by atoms with Crippen LogP contribution in [0.15, 0.2) is 0 Å². The standard InChI is InChI=1S/C11H25N3O2S/c1-4-5-11(12-2)10-13-6-8-14(9-7-13)17(3,15)16/h11-12H,4-10H2,1-3H3. The van der Waals surface area contributed by atoms with Gasteiger partial charge < -0.3 is 5.32 Å². The molecule has 1 heterocycles. The number of sulfonamides is 1. The summed E-state index contributed by atoms with van der Waals surface area (Å²) in [6.45, 7) is 6.14. The number of hydrogen-bond acceptors (Lipinski definition) is 4. The summed E-state index contributed by atoms with van der Waals surface area (Å²) >= 11 is 0.